The largest absolute Gasteiger partial charge is 0.426 e. The summed E-state index contributed by atoms with van der Waals surface area (Å²) in [5.74, 6) is 0.528. The molecule has 29 heavy (non-hydrogen) atoms. The molecule has 0 bridgehead atoms. The standard InChI is InChI=1S/C27H30O2/c1-4-27(24-16-9-6-10-17-24,19-18-23-14-7-5-8-15-23)20-25(28)29-26-21(2)12-11-13-22(26)3/h5-17H,4,18-20H2,1-3H3/t27-/m0/s1. The second-order valence-corrected chi connectivity index (χ2v) is 7.86. The van der Waals surface area contributed by atoms with Crippen LogP contribution < -0.4 is 4.74 Å². The quantitative estimate of drug-likeness (QED) is 0.323. The van der Waals surface area contributed by atoms with Crippen LogP contribution in [-0.2, 0) is 16.6 Å². The first kappa shape index (κ1) is 20.9. The fourth-order valence-electron chi connectivity index (χ4n) is 4.05. The summed E-state index contributed by atoms with van der Waals surface area (Å²) in [6, 6.07) is 26.8. The van der Waals surface area contributed by atoms with Gasteiger partial charge in [-0.05, 0) is 55.4 Å². The van der Waals surface area contributed by atoms with E-state index in [0.717, 1.165) is 30.4 Å². The number of carbonyl (C=O) groups excluding carboxylic acids is 1. The first-order valence-corrected chi connectivity index (χ1v) is 10.4. The molecule has 0 spiro atoms. The van der Waals surface area contributed by atoms with Gasteiger partial charge in [-0.15, -0.1) is 0 Å². The molecule has 0 aliphatic carbocycles. The van der Waals surface area contributed by atoms with Gasteiger partial charge in [0.1, 0.15) is 5.75 Å². The van der Waals surface area contributed by atoms with Crippen LogP contribution in [0.25, 0.3) is 0 Å². The summed E-state index contributed by atoms with van der Waals surface area (Å²) >= 11 is 0. The van der Waals surface area contributed by atoms with Crippen molar-refractivity contribution in [1.29, 1.82) is 0 Å². The summed E-state index contributed by atoms with van der Waals surface area (Å²) in [5.41, 5.74) is 4.24. The van der Waals surface area contributed by atoms with E-state index < -0.39 is 0 Å². The van der Waals surface area contributed by atoms with Gasteiger partial charge in [0.15, 0.2) is 0 Å². The molecule has 3 aromatic rings. The number of ether oxygens (including phenoxy) is 1. The van der Waals surface area contributed by atoms with Crippen molar-refractivity contribution in [1.82, 2.24) is 0 Å². The van der Waals surface area contributed by atoms with Crippen LogP contribution in [0, 0.1) is 13.8 Å². The summed E-state index contributed by atoms with van der Waals surface area (Å²) in [4.78, 5) is 13.1. The Morgan fingerprint density at radius 1 is 0.828 bits per heavy atom. The van der Waals surface area contributed by atoms with Crippen LogP contribution in [0.15, 0.2) is 78.9 Å². The van der Waals surface area contributed by atoms with Crippen LogP contribution in [0.2, 0.25) is 0 Å². The van der Waals surface area contributed by atoms with Crippen molar-refractivity contribution in [2.75, 3.05) is 0 Å². The van der Waals surface area contributed by atoms with Gasteiger partial charge in [-0.2, -0.15) is 0 Å². The molecule has 0 radical (unpaired) electrons. The number of aryl methyl sites for hydroxylation is 3. The van der Waals surface area contributed by atoms with E-state index >= 15 is 0 Å². The van der Waals surface area contributed by atoms with E-state index in [0.29, 0.717) is 12.2 Å². The molecule has 2 heteroatoms. The van der Waals surface area contributed by atoms with Crippen LogP contribution in [0.4, 0.5) is 0 Å². The summed E-state index contributed by atoms with van der Waals surface area (Å²) in [6.07, 6.45) is 3.08. The SMILES string of the molecule is CC[C@](CCc1ccccc1)(CC(=O)Oc1c(C)cccc1C)c1ccccc1. The monoisotopic (exact) mass is 386 g/mol. The minimum Gasteiger partial charge on any atom is -0.426 e. The molecule has 0 amide bonds. The second-order valence-electron chi connectivity index (χ2n) is 7.86. The van der Waals surface area contributed by atoms with E-state index in [1.54, 1.807) is 0 Å². The highest BCUT2D eigenvalue weighted by atomic mass is 16.5. The number of esters is 1. The van der Waals surface area contributed by atoms with Crippen LogP contribution in [0.1, 0.15) is 48.4 Å². The molecule has 3 aromatic carbocycles. The van der Waals surface area contributed by atoms with Crippen molar-refractivity contribution in [2.45, 2.75) is 51.9 Å². The zero-order valence-corrected chi connectivity index (χ0v) is 17.7. The Kier molecular flexibility index (Phi) is 6.87. The van der Waals surface area contributed by atoms with Gasteiger partial charge in [-0.1, -0.05) is 85.8 Å². The second kappa shape index (κ2) is 9.56. The molecular formula is C27H30O2. The van der Waals surface area contributed by atoms with Crippen molar-refractivity contribution in [3.8, 4) is 5.75 Å². The minimum absolute atomic E-state index is 0.166. The van der Waals surface area contributed by atoms with Gasteiger partial charge in [0, 0.05) is 5.41 Å². The maximum absolute atomic E-state index is 13.1. The average Bonchev–Trinajstić information content (AvgIpc) is 2.75. The maximum atomic E-state index is 13.1. The Morgan fingerprint density at radius 2 is 1.41 bits per heavy atom. The molecule has 2 nitrogen and oxygen atoms in total. The Labute approximate surface area is 174 Å². The number of rotatable bonds is 8. The summed E-state index contributed by atoms with van der Waals surface area (Å²) in [5, 5.41) is 0. The first-order valence-electron chi connectivity index (χ1n) is 10.4. The zero-order chi connectivity index (χ0) is 20.7. The zero-order valence-electron chi connectivity index (χ0n) is 17.7. The van der Waals surface area contributed by atoms with Gasteiger partial charge in [0.2, 0.25) is 0 Å². The van der Waals surface area contributed by atoms with Crippen molar-refractivity contribution in [3.63, 3.8) is 0 Å². The van der Waals surface area contributed by atoms with Gasteiger partial charge >= 0.3 is 5.97 Å². The number of para-hydroxylation sites is 1. The molecule has 0 aliphatic heterocycles. The molecule has 3 rings (SSSR count). The van der Waals surface area contributed by atoms with Crippen molar-refractivity contribution >= 4 is 5.97 Å². The molecule has 0 aromatic heterocycles. The van der Waals surface area contributed by atoms with E-state index in [2.05, 4.69) is 55.5 Å². The predicted octanol–water partition coefficient (Wildman–Crippen LogP) is 6.58. The maximum Gasteiger partial charge on any atom is 0.312 e. The van der Waals surface area contributed by atoms with Crippen LogP contribution in [0.5, 0.6) is 5.75 Å². The number of hydrogen-bond donors (Lipinski definition) is 0. The fraction of sp³-hybridized carbons (Fsp3) is 0.296. The molecule has 150 valence electrons. The fourth-order valence-corrected chi connectivity index (χ4v) is 4.05. The number of carbonyl (C=O) groups is 1. The van der Waals surface area contributed by atoms with Crippen LogP contribution in [0.3, 0.4) is 0 Å². The smallest absolute Gasteiger partial charge is 0.312 e. The number of benzene rings is 3. The molecule has 1 atom stereocenters. The lowest BCUT2D eigenvalue weighted by Crippen LogP contribution is -2.31. The molecule has 0 N–H and O–H groups in total. The van der Waals surface area contributed by atoms with Gasteiger partial charge in [0.05, 0.1) is 6.42 Å². The van der Waals surface area contributed by atoms with Crippen molar-refractivity contribution in [2.24, 2.45) is 0 Å². The van der Waals surface area contributed by atoms with Gasteiger partial charge in [-0.25, -0.2) is 0 Å². The van der Waals surface area contributed by atoms with Crippen LogP contribution >= 0.6 is 0 Å². The Morgan fingerprint density at radius 3 is 2.00 bits per heavy atom. The van der Waals surface area contributed by atoms with Crippen molar-refractivity contribution in [3.05, 3.63) is 101 Å². The highest BCUT2D eigenvalue weighted by Crippen LogP contribution is 2.37. The van der Waals surface area contributed by atoms with Crippen molar-refractivity contribution < 1.29 is 9.53 Å². The molecule has 0 saturated heterocycles. The third-order valence-corrected chi connectivity index (χ3v) is 5.91. The summed E-state index contributed by atoms with van der Waals surface area (Å²) in [7, 11) is 0. The number of hydrogen-bond acceptors (Lipinski definition) is 2. The normalized spacial score (nSPS) is 12.9. The molecule has 0 saturated carbocycles. The summed E-state index contributed by atoms with van der Waals surface area (Å²) in [6.45, 7) is 6.13. The Hall–Kier alpha value is -2.87. The molecule has 0 unspecified atom stereocenters. The van der Waals surface area contributed by atoms with E-state index in [9.17, 15) is 4.79 Å². The minimum atomic E-state index is -0.245. The Balaban J connectivity index is 1.85. The van der Waals surface area contributed by atoms with Gasteiger partial charge in [0.25, 0.3) is 0 Å². The molecule has 0 fully saturated rings. The third kappa shape index (κ3) is 5.14. The summed E-state index contributed by atoms with van der Waals surface area (Å²) < 4.78 is 5.87. The first-order chi connectivity index (χ1) is 14.0. The predicted molar refractivity (Wildman–Crippen MR) is 119 cm³/mol. The lowest BCUT2D eigenvalue weighted by molar-refractivity contribution is -0.136. The van der Waals surface area contributed by atoms with Crippen LogP contribution in [-0.4, -0.2) is 5.97 Å². The lowest BCUT2D eigenvalue weighted by Gasteiger charge is -2.33. The lowest BCUT2D eigenvalue weighted by atomic mass is 9.71. The molecule has 0 heterocycles. The highest BCUT2D eigenvalue weighted by Gasteiger charge is 2.33. The Bertz CT molecular complexity index is 911. The highest BCUT2D eigenvalue weighted by molar-refractivity contribution is 5.75. The van der Waals surface area contributed by atoms with E-state index in [1.807, 2.05) is 44.2 Å². The molecular weight excluding hydrogens is 356 g/mol. The molecule has 0 aliphatic rings. The van der Waals surface area contributed by atoms with Gasteiger partial charge < -0.3 is 4.74 Å². The average molecular weight is 387 g/mol. The van der Waals surface area contributed by atoms with E-state index in [-0.39, 0.29) is 11.4 Å². The topological polar surface area (TPSA) is 26.3 Å². The third-order valence-electron chi connectivity index (χ3n) is 5.91. The van der Waals surface area contributed by atoms with Gasteiger partial charge in [-0.3, -0.25) is 4.79 Å². The van der Waals surface area contributed by atoms with E-state index in [4.69, 9.17) is 4.74 Å². The van der Waals surface area contributed by atoms with E-state index in [1.165, 1.54) is 11.1 Å².